The van der Waals surface area contributed by atoms with E-state index in [9.17, 15) is 0 Å². The van der Waals surface area contributed by atoms with E-state index in [-0.39, 0.29) is 0 Å². The lowest BCUT2D eigenvalue weighted by Crippen LogP contribution is -2.17. The molecule has 0 bridgehead atoms. The van der Waals surface area contributed by atoms with Crippen LogP contribution in [0.4, 0.5) is 0 Å². The normalized spacial score (nSPS) is 17.3. The summed E-state index contributed by atoms with van der Waals surface area (Å²) in [6.07, 6.45) is 4.30. The van der Waals surface area contributed by atoms with E-state index in [1.165, 1.54) is 31.4 Å². The third-order valence-electron chi connectivity index (χ3n) is 1.85. The molecule has 0 heterocycles. The molecule has 0 aromatic carbocycles. The maximum Gasteiger partial charge on any atom is 0.0159 e. The Morgan fingerprint density at radius 1 is 1.60 bits per heavy atom. The second kappa shape index (κ2) is 3.77. The van der Waals surface area contributed by atoms with Crippen LogP contribution in [-0.2, 0) is 0 Å². The third-order valence-corrected chi connectivity index (χ3v) is 1.85. The molecule has 0 aliphatic heterocycles. The molecule has 1 heteroatoms. The molecule has 1 aliphatic carbocycles. The molecular formula is C9H17N. The summed E-state index contributed by atoms with van der Waals surface area (Å²) in [5.74, 6) is 1.05. The predicted molar refractivity (Wildman–Crippen MR) is 45.0 cm³/mol. The van der Waals surface area contributed by atoms with Crippen molar-refractivity contribution in [3.8, 4) is 0 Å². The molecule has 1 rings (SSSR count). The van der Waals surface area contributed by atoms with Gasteiger partial charge in [0.1, 0.15) is 0 Å². The first-order chi connectivity index (χ1) is 4.79. The molecule has 0 amide bonds. The maximum absolute atomic E-state index is 3.82. The SMILES string of the molecule is C=C(C)CNCCC1CC1. The summed E-state index contributed by atoms with van der Waals surface area (Å²) in [4.78, 5) is 0. The third kappa shape index (κ3) is 3.67. The van der Waals surface area contributed by atoms with E-state index in [1.54, 1.807) is 0 Å². The average Bonchev–Trinajstić information content (AvgIpc) is 2.62. The van der Waals surface area contributed by atoms with E-state index in [4.69, 9.17) is 0 Å². The minimum Gasteiger partial charge on any atom is -0.313 e. The summed E-state index contributed by atoms with van der Waals surface area (Å²) in [6.45, 7) is 8.06. The summed E-state index contributed by atoms with van der Waals surface area (Å²) >= 11 is 0. The number of hydrogen-bond donors (Lipinski definition) is 1. The molecule has 0 spiro atoms. The van der Waals surface area contributed by atoms with Gasteiger partial charge in [0, 0.05) is 6.54 Å². The van der Waals surface area contributed by atoms with Crippen LogP contribution in [0, 0.1) is 5.92 Å². The van der Waals surface area contributed by atoms with E-state index in [0.29, 0.717) is 0 Å². The van der Waals surface area contributed by atoms with Gasteiger partial charge in [-0.1, -0.05) is 25.0 Å². The van der Waals surface area contributed by atoms with E-state index < -0.39 is 0 Å². The van der Waals surface area contributed by atoms with E-state index in [1.807, 2.05) is 0 Å². The smallest absolute Gasteiger partial charge is 0.0159 e. The van der Waals surface area contributed by atoms with Crippen LogP contribution >= 0.6 is 0 Å². The second-order valence-corrected chi connectivity index (χ2v) is 3.37. The second-order valence-electron chi connectivity index (χ2n) is 3.37. The summed E-state index contributed by atoms with van der Waals surface area (Å²) < 4.78 is 0. The van der Waals surface area contributed by atoms with Gasteiger partial charge in [-0.15, -0.1) is 0 Å². The molecule has 0 unspecified atom stereocenters. The van der Waals surface area contributed by atoms with Crippen molar-refractivity contribution in [2.24, 2.45) is 5.92 Å². The van der Waals surface area contributed by atoms with Gasteiger partial charge in [0.25, 0.3) is 0 Å². The Labute approximate surface area is 63.5 Å². The van der Waals surface area contributed by atoms with Crippen molar-refractivity contribution < 1.29 is 0 Å². The van der Waals surface area contributed by atoms with E-state index in [0.717, 1.165) is 12.5 Å². The summed E-state index contributed by atoms with van der Waals surface area (Å²) in [5, 5.41) is 3.36. The van der Waals surface area contributed by atoms with Crippen molar-refractivity contribution in [1.82, 2.24) is 5.32 Å². The van der Waals surface area contributed by atoms with Crippen molar-refractivity contribution in [3.05, 3.63) is 12.2 Å². The van der Waals surface area contributed by atoms with Gasteiger partial charge in [0.05, 0.1) is 0 Å². The minimum atomic E-state index is 0.993. The van der Waals surface area contributed by atoms with Crippen LogP contribution in [0.25, 0.3) is 0 Å². The summed E-state index contributed by atoms with van der Waals surface area (Å²) in [7, 11) is 0. The van der Waals surface area contributed by atoms with Crippen LogP contribution in [0.2, 0.25) is 0 Å². The molecule has 58 valence electrons. The van der Waals surface area contributed by atoms with Crippen LogP contribution < -0.4 is 5.32 Å². The molecule has 0 aromatic heterocycles. The molecular weight excluding hydrogens is 122 g/mol. The topological polar surface area (TPSA) is 12.0 Å². The first-order valence-electron chi connectivity index (χ1n) is 4.14. The Kier molecular flexibility index (Phi) is 2.94. The predicted octanol–water partition coefficient (Wildman–Crippen LogP) is 1.95. The fourth-order valence-electron chi connectivity index (χ4n) is 1.01. The highest BCUT2D eigenvalue weighted by Gasteiger charge is 2.19. The first kappa shape index (κ1) is 7.80. The lowest BCUT2D eigenvalue weighted by Gasteiger charge is -2.01. The van der Waals surface area contributed by atoms with Crippen LogP contribution in [0.3, 0.4) is 0 Å². The largest absolute Gasteiger partial charge is 0.313 e. The van der Waals surface area contributed by atoms with Gasteiger partial charge in [-0.2, -0.15) is 0 Å². The minimum absolute atomic E-state index is 0.993. The lowest BCUT2D eigenvalue weighted by atomic mass is 10.3. The fourth-order valence-corrected chi connectivity index (χ4v) is 1.01. The van der Waals surface area contributed by atoms with Gasteiger partial charge in [-0.3, -0.25) is 0 Å². The molecule has 1 N–H and O–H groups in total. The highest BCUT2D eigenvalue weighted by Crippen LogP contribution is 2.31. The number of nitrogens with one attached hydrogen (secondary N) is 1. The van der Waals surface area contributed by atoms with Crippen LogP contribution in [0.15, 0.2) is 12.2 Å². The molecule has 10 heavy (non-hydrogen) atoms. The zero-order chi connectivity index (χ0) is 7.40. The van der Waals surface area contributed by atoms with E-state index in [2.05, 4.69) is 18.8 Å². The van der Waals surface area contributed by atoms with Gasteiger partial charge in [-0.25, -0.2) is 0 Å². The Balaban J connectivity index is 1.80. The number of hydrogen-bond acceptors (Lipinski definition) is 1. The van der Waals surface area contributed by atoms with Crippen LogP contribution in [0.5, 0.6) is 0 Å². The average molecular weight is 139 g/mol. The van der Waals surface area contributed by atoms with Gasteiger partial charge in [0.15, 0.2) is 0 Å². The molecule has 1 saturated carbocycles. The van der Waals surface area contributed by atoms with Crippen molar-refractivity contribution >= 4 is 0 Å². The Hall–Kier alpha value is -0.300. The molecule has 0 radical (unpaired) electrons. The quantitative estimate of drug-likeness (QED) is 0.453. The van der Waals surface area contributed by atoms with Gasteiger partial charge >= 0.3 is 0 Å². The van der Waals surface area contributed by atoms with Gasteiger partial charge < -0.3 is 5.32 Å². The van der Waals surface area contributed by atoms with Crippen LogP contribution in [0.1, 0.15) is 26.2 Å². The Morgan fingerprint density at radius 2 is 2.30 bits per heavy atom. The number of rotatable bonds is 5. The van der Waals surface area contributed by atoms with Crippen molar-refractivity contribution in [2.75, 3.05) is 13.1 Å². The first-order valence-corrected chi connectivity index (χ1v) is 4.14. The molecule has 1 fully saturated rings. The van der Waals surface area contributed by atoms with Crippen molar-refractivity contribution in [1.29, 1.82) is 0 Å². The molecule has 0 saturated heterocycles. The Bertz CT molecular complexity index is 114. The molecule has 0 aromatic rings. The van der Waals surface area contributed by atoms with Crippen molar-refractivity contribution in [3.63, 3.8) is 0 Å². The zero-order valence-electron chi connectivity index (χ0n) is 6.82. The highest BCUT2D eigenvalue weighted by molar-refractivity contribution is 4.90. The van der Waals surface area contributed by atoms with E-state index >= 15 is 0 Å². The summed E-state index contributed by atoms with van der Waals surface area (Å²) in [6, 6.07) is 0. The molecule has 1 nitrogen and oxygen atoms in total. The molecule has 1 aliphatic rings. The standard InChI is InChI=1S/C9H17N/c1-8(2)7-10-6-5-9-3-4-9/h9-10H,1,3-7H2,2H3. The zero-order valence-corrected chi connectivity index (χ0v) is 6.82. The molecule has 0 atom stereocenters. The van der Waals surface area contributed by atoms with Gasteiger partial charge in [0.2, 0.25) is 0 Å². The van der Waals surface area contributed by atoms with Gasteiger partial charge in [-0.05, 0) is 25.8 Å². The Morgan fingerprint density at radius 3 is 2.80 bits per heavy atom. The summed E-state index contributed by atoms with van der Waals surface area (Å²) in [5.41, 5.74) is 1.23. The fraction of sp³-hybridized carbons (Fsp3) is 0.778. The lowest BCUT2D eigenvalue weighted by molar-refractivity contribution is 0.637. The maximum atomic E-state index is 3.82. The van der Waals surface area contributed by atoms with Crippen molar-refractivity contribution in [2.45, 2.75) is 26.2 Å². The van der Waals surface area contributed by atoms with Crippen LogP contribution in [-0.4, -0.2) is 13.1 Å². The highest BCUT2D eigenvalue weighted by atomic mass is 14.8. The monoisotopic (exact) mass is 139 g/mol.